The van der Waals surface area contributed by atoms with E-state index in [1.807, 2.05) is 10.6 Å². The molecule has 1 saturated carbocycles. The van der Waals surface area contributed by atoms with Crippen molar-refractivity contribution in [3.05, 3.63) is 41.2 Å². The van der Waals surface area contributed by atoms with E-state index in [0.717, 1.165) is 35.9 Å². The lowest BCUT2D eigenvalue weighted by atomic mass is 10.1. The Bertz CT molecular complexity index is 857. The number of rotatable bonds is 4. The van der Waals surface area contributed by atoms with Crippen LogP contribution in [0, 0.1) is 5.92 Å². The Labute approximate surface area is 144 Å². The van der Waals surface area contributed by atoms with E-state index >= 15 is 0 Å². The predicted molar refractivity (Wildman–Crippen MR) is 93.9 cm³/mol. The molecule has 126 valence electrons. The number of nitrogens with zero attached hydrogens (tertiary/aromatic N) is 2. The Kier molecular flexibility index (Phi) is 4.94. The molecule has 1 aliphatic carbocycles. The first kappa shape index (κ1) is 16.6. The lowest BCUT2D eigenvalue weighted by Gasteiger charge is -2.04. The highest BCUT2D eigenvalue weighted by molar-refractivity contribution is 7.16. The lowest BCUT2D eigenvalue weighted by Crippen LogP contribution is -2.19. The first-order valence-corrected chi connectivity index (χ1v) is 8.87. The van der Waals surface area contributed by atoms with Crippen LogP contribution in [0.4, 0.5) is 0 Å². The van der Waals surface area contributed by atoms with Gasteiger partial charge in [-0.25, -0.2) is 4.79 Å². The molecule has 1 heterocycles. The SMILES string of the molecule is C=CCn1c(=NC(=O)C2CCCC2)sc2cc(C(=O)OC)ccc21. The van der Waals surface area contributed by atoms with Gasteiger partial charge in [0.05, 0.1) is 22.9 Å². The Morgan fingerprint density at radius 2 is 2.17 bits per heavy atom. The molecule has 3 rings (SSSR count). The zero-order valence-electron chi connectivity index (χ0n) is 13.7. The average Bonchev–Trinajstić information content (AvgIpc) is 3.23. The van der Waals surface area contributed by atoms with Crippen LogP contribution >= 0.6 is 11.3 Å². The molecule has 0 radical (unpaired) electrons. The van der Waals surface area contributed by atoms with Gasteiger partial charge in [0, 0.05) is 12.5 Å². The van der Waals surface area contributed by atoms with Gasteiger partial charge < -0.3 is 9.30 Å². The summed E-state index contributed by atoms with van der Waals surface area (Å²) < 4.78 is 7.63. The average molecular weight is 344 g/mol. The normalized spacial score (nSPS) is 15.8. The molecule has 0 spiro atoms. The molecule has 5 nitrogen and oxygen atoms in total. The highest BCUT2D eigenvalue weighted by Gasteiger charge is 2.22. The van der Waals surface area contributed by atoms with Gasteiger partial charge in [-0.15, -0.1) is 6.58 Å². The second-order valence-corrected chi connectivity index (χ2v) is 6.90. The van der Waals surface area contributed by atoms with E-state index in [-0.39, 0.29) is 17.8 Å². The molecule has 0 bridgehead atoms. The van der Waals surface area contributed by atoms with Crippen LogP contribution in [0.2, 0.25) is 0 Å². The van der Waals surface area contributed by atoms with Gasteiger partial charge in [-0.2, -0.15) is 4.99 Å². The molecule has 1 fully saturated rings. The largest absolute Gasteiger partial charge is 0.465 e. The van der Waals surface area contributed by atoms with Crippen molar-refractivity contribution in [1.82, 2.24) is 4.57 Å². The number of benzene rings is 1. The van der Waals surface area contributed by atoms with Gasteiger partial charge in [0.25, 0.3) is 5.91 Å². The smallest absolute Gasteiger partial charge is 0.337 e. The Morgan fingerprint density at radius 1 is 1.42 bits per heavy atom. The molecule has 6 heteroatoms. The third kappa shape index (κ3) is 3.19. The van der Waals surface area contributed by atoms with Crippen molar-refractivity contribution in [2.45, 2.75) is 32.2 Å². The highest BCUT2D eigenvalue weighted by atomic mass is 32.1. The lowest BCUT2D eigenvalue weighted by molar-refractivity contribution is -0.121. The van der Waals surface area contributed by atoms with Gasteiger partial charge in [0.1, 0.15) is 0 Å². The molecular weight excluding hydrogens is 324 g/mol. The molecule has 2 aromatic rings. The minimum Gasteiger partial charge on any atom is -0.465 e. The monoisotopic (exact) mass is 344 g/mol. The number of thiazole rings is 1. The van der Waals surface area contributed by atoms with E-state index in [0.29, 0.717) is 16.9 Å². The topological polar surface area (TPSA) is 60.7 Å². The molecule has 1 aromatic carbocycles. The summed E-state index contributed by atoms with van der Waals surface area (Å²) >= 11 is 1.41. The summed E-state index contributed by atoms with van der Waals surface area (Å²) in [5.74, 6) is -0.357. The first-order valence-electron chi connectivity index (χ1n) is 8.05. The third-order valence-electron chi connectivity index (χ3n) is 4.33. The second-order valence-electron chi connectivity index (χ2n) is 5.89. The number of carbonyl (C=O) groups is 2. The van der Waals surface area contributed by atoms with Crippen molar-refractivity contribution in [3.63, 3.8) is 0 Å². The van der Waals surface area contributed by atoms with Crippen molar-refractivity contribution >= 4 is 33.4 Å². The van der Waals surface area contributed by atoms with Gasteiger partial charge in [-0.3, -0.25) is 4.79 Å². The van der Waals surface area contributed by atoms with E-state index in [4.69, 9.17) is 4.74 Å². The standard InChI is InChI=1S/C18H20N2O3S/c1-3-10-20-14-9-8-13(17(22)23-2)11-15(14)24-18(20)19-16(21)12-6-4-5-7-12/h3,8-9,11-12H,1,4-7,10H2,2H3. The van der Waals surface area contributed by atoms with Gasteiger partial charge >= 0.3 is 5.97 Å². The number of esters is 1. The van der Waals surface area contributed by atoms with Crippen molar-refractivity contribution in [2.75, 3.05) is 7.11 Å². The van der Waals surface area contributed by atoms with Crippen LogP contribution in [0.15, 0.2) is 35.8 Å². The van der Waals surface area contributed by atoms with Crippen molar-refractivity contribution in [2.24, 2.45) is 10.9 Å². The number of carbonyl (C=O) groups excluding carboxylic acids is 2. The molecule has 0 unspecified atom stereocenters. The summed E-state index contributed by atoms with van der Waals surface area (Å²) in [5.41, 5.74) is 1.43. The van der Waals surface area contributed by atoms with Crippen molar-refractivity contribution in [1.29, 1.82) is 0 Å². The minimum absolute atomic E-state index is 0.0370. The number of hydrogen-bond donors (Lipinski definition) is 0. The van der Waals surface area contributed by atoms with Crippen LogP contribution in [-0.2, 0) is 16.1 Å². The van der Waals surface area contributed by atoms with Crippen LogP contribution in [0.25, 0.3) is 10.2 Å². The molecule has 0 saturated heterocycles. The van der Waals surface area contributed by atoms with E-state index in [9.17, 15) is 9.59 Å². The summed E-state index contributed by atoms with van der Waals surface area (Å²) in [4.78, 5) is 29.1. The Balaban J connectivity index is 2.08. The van der Waals surface area contributed by atoms with Crippen molar-refractivity contribution in [3.8, 4) is 0 Å². The minimum atomic E-state index is -0.374. The van der Waals surface area contributed by atoms with E-state index in [1.54, 1.807) is 18.2 Å². The summed E-state index contributed by atoms with van der Waals surface area (Å²) in [6.07, 6.45) is 5.85. The zero-order valence-corrected chi connectivity index (χ0v) is 14.5. The summed E-state index contributed by atoms with van der Waals surface area (Å²) in [6, 6.07) is 5.37. The van der Waals surface area contributed by atoms with Crippen molar-refractivity contribution < 1.29 is 14.3 Å². The number of amides is 1. The maximum Gasteiger partial charge on any atom is 0.337 e. The summed E-state index contributed by atoms with van der Waals surface area (Å²) in [6.45, 7) is 4.35. The predicted octanol–water partition coefficient (Wildman–Crippen LogP) is 3.29. The van der Waals surface area contributed by atoms with Crippen LogP contribution < -0.4 is 4.80 Å². The highest BCUT2D eigenvalue weighted by Crippen LogP contribution is 2.26. The maximum atomic E-state index is 12.4. The molecule has 1 aromatic heterocycles. The van der Waals surface area contributed by atoms with Crippen LogP contribution in [-0.4, -0.2) is 23.6 Å². The maximum absolute atomic E-state index is 12.4. The Morgan fingerprint density at radius 3 is 2.83 bits per heavy atom. The summed E-state index contributed by atoms with van der Waals surface area (Å²) in [5, 5.41) is 0. The number of ether oxygens (including phenoxy) is 1. The number of allylic oxidation sites excluding steroid dienone is 1. The first-order chi connectivity index (χ1) is 11.6. The van der Waals surface area contributed by atoms with Gasteiger partial charge in [0.15, 0.2) is 4.80 Å². The van der Waals surface area contributed by atoms with E-state index < -0.39 is 0 Å². The number of hydrogen-bond acceptors (Lipinski definition) is 4. The number of methoxy groups -OCH3 is 1. The summed E-state index contributed by atoms with van der Waals surface area (Å²) in [7, 11) is 1.36. The molecule has 0 aliphatic heterocycles. The fourth-order valence-electron chi connectivity index (χ4n) is 3.07. The van der Waals surface area contributed by atoms with Gasteiger partial charge in [0.2, 0.25) is 0 Å². The fourth-order valence-corrected chi connectivity index (χ4v) is 4.15. The van der Waals surface area contributed by atoms with Crippen LogP contribution in [0.3, 0.4) is 0 Å². The molecule has 1 amide bonds. The van der Waals surface area contributed by atoms with Crippen LogP contribution in [0.5, 0.6) is 0 Å². The zero-order chi connectivity index (χ0) is 17.1. The molecule has 0 N–H and O–H groups in total. The quantitative estimate of drug-likeness (QED) is 0.631. The fraction of sp³-hybridized carbons (Fsp3) is 0.389. The third-order valence-corrected chi connectivity index (χ3v) is 5.37. The second kappa shape index (κ2) is 7.13. The molecule has 0 atom stereocenters. The van der Waals surface area contributed by atoms with E-state index in [1.165, 1.54) is 18.4 Å². The number of aromatic nitrogens is 1. The van der Waals surface area contributed by atoms with Crippen LogP contribution in [0.1, 0.15) is 36.0 Å². The Hall–Kier alpha value is -2.21. The molecular formula is C18H20N2O3S. The van der Waals surface area contributed by atoms with E-state index in [2.05, 4.69) is 11.6 Å². The molecule has 24 heavy (non-hydrogen) atoms. The molecule has 1 aliphatic rings. The number of fused-ring (bicyclic) bond motifs is 1. The van der Waals surface area contributed by atoms with Gasteiger partial charge in [-0.05, 0) is 31.0 Å². The van der Waals surface area contributed by atoms with Gasteiger partial charge in [-0.1, -0.05) is 30.3 Å².